The molecule has 6 heteroatoms. The number of rotatable bonds is 6. The second-order valence-electron chi connectivity index (χ2n) is 4.14. The third kappa shape index (κ3) is 4.55. The summed E-state index contributed by atoms with van der Waals surface area (Å²) in [5, 5.41) is 13.9. The number of nitrogens with one attached hydrogen (secondary N) is 2. The van der Waals surface area contributed by atoms with Crippen LogP contribution >= 0.6 is 0 Å². The van der Waals surface area contributed by atoms with Crippen molar-refractivity contribution in [3.8, 4) is 5.75 Å². The van der Waals surface area contributed by atoms with Crippen LogP contribution in [0.5, 0.6) is 5.75 Å². The van der Waals surface area contributed by atoms with E-state index in [4.69, 9.17) is 9.84 Å². The van der Waals surface area contributed by atoms with Crippen LogP contribution in [0.1, 0.15) is 20.3 Å². The van der Waals surface area contributed by atoms with Crippen LogP contribution in [0.3, 0.4) is 0 Å². The van der Waals surface area contributed by atoms with Gasteiger partial charge in [0, 0.05) is 0 Å². The molecule has 2 amide bonds. The smallest absolute Gasteiger partial charge is 0.313 e. The zero-order valence-corrected chi connectivity index (χ0v) is 11.7. The number of hydrogen-bond acceptors (Lipinski definition) is 4. The van der Waals surface area contributed by atoms with E-state index >= 15 is 0 Å². The van der Waals surface area contributed by atoms with Gasteiger partial charge in [0.15, 0.2) is 0 Å². The van der Waals surface area contributed by atoms with Gasteiger partial charge in [-0.2, -0.15) is 0 Å². The molecule has 1 aromatic carbocycles. The van der Waals surface area contributed by atoms with Gasteiger partial charge in [0.05, 0.1) is 24.9 Å². The Morgan fingerprint density at radius 1 is 1.25 bits per heavy atom. The minimum Gasteiger partial charge on any atom is -0.492 e. The number of aliphatic hydroxyl groups excluding tert-OH is 1. The molecular formula is C14H20N2O4. The Morgan fingerprint density at radius 2 is 1.95 bits per heavy atom. The van der Waals surface area contributed by atoms with Crippen LogP contribution in [0.2, 0.25) is 0 Å². The summed E-state index contributed by atoms with van der Waals surface area (Å²) >= 11 is 0. The second kappa shape index (κ2) is 8.16. The molecule has 0 saturated heterocycles. The maximum Gasteiger partial charge on any atom is 0.313 e. The van der Waals surface area contributed by atoms with Crippen LogP contribution < -0.4 is 15.4 Å². The number of hydrogen-bond donors (Lipinski definition) is 3. The molecule has 0 aliphatic carbocycles. The fourth-order valence-electron chi connectivity index (χ4n) is 1.56. The lowest BCUT2D eigenvalue weighted by Crippen LogP contribution is -2.43. The summed E-state index contributed by atoms with van der Waals surface area (Å²) in [4.78, 5) is 23.4. The molecule has 1 rings (SSSR count). The van der Waals surface area contributed by atoms with E-state index in [1.807, 2.05) is 13.8 Å². The van der Waals surface area contributed by atoms with Crippen molar-refractivity contribution in [3.05, 3.63) is 24.3 Å². The molecule has 0 radical (unpaired) electrons. The van der Waals surface area contributed by atoms with Crippen LogP contribution in [0, 0.1) is 0 Å². The molecule has 110 valence electrons. The number of carbonyl (C=O) groups excluding carboxylic acids is 2. The van der Waals surface area contributed by atoms with Gasteiger partial charge < -0.3 is 20.5 Å². The Labute approximate surface area is 118 Å². The fraction of sp³-hybridized carbons (Fsp3) is 0.429. The Bertz CT molecular complexity index is 458. The third-order valence-corrected chi connectivity index (χ3v) is 2.69. The predicted octanol–water partition coefficient (Wildman–Crippen LogP) is 0.911. The van der Waals surface area contributed by atoms with Crippen molar-refractivity contribution in [2.75, 3.05) is 18.5 Å². The molecular weight excluding hydrogens is 260 g/mol. The van der Waals surface area contributed by atoms with Crippen molar-refractivity contribution < 1.29 is 19.4 Å². The van der Waals surface area contributed by atoms with Crippen molar-refractivity contribution >= 4 is 17.5 Å². The number of anilines is 1. The molecule has 0 spiro atoms. The fourth-order valence-corrected chi connectivity index (χ4v) is 1.56. The monoisotopic (exact) mass is 280 g/mol. The summed E-state index contributed by atoms with van der Waals surface area (Å²) in [6.07, 6.45) is 0.547. The maximum atomic E-state index is 11.8. The lowest BCUT2D eigenvalue weighted by Gasteiger charge is -2.14. The molecule has 0 heterocycles. The minimum atomic E-state index is -0.788. The second-order valence-corrected chi connectivity index (χ2v) is 4.14. The van der Waals surface area contributed by atoms with E-state index in [1.54, 1.807) is 24.3 Å². The van der Waals surface area contributed by atoms with E-state index in [9.17, 15) is 9.59 Å². The SMILES string of the molecule is CCOc1ccccc1NC(=O)C(=O)N[C@H](CC)CO. The number of ether oxygens (including phenoxy) is 1. The standard InChI is InChI=1S/C14H20N2O4/c1-3-10(9-17)15-13(18)14(19)16-11-7-5-6-8-12(11)20-4-2/h5-8,10,17H,3-4,9H2,1-2H3,(H,15,18)(H,16,19)/t10-/m1/s1. The van der Waals surface area contributed by atoms with Crippen LogP contribution in [-0.2, 0) is 9.59 Å². The first-order valence-corrected chi connectivity index (χ1v) is 6.56. The van der Waals surface area contributed by atoms with Gasteiger partial charge in [0.25, 0.3) is 0 Å². The lowest BCUT2D eigenvalue weighted by atomic mass is 10.2. The van der Waals surface area contributed by atoms with Crippen LogP contribution in [-0.4, -0.2) is 36.2 Å². The number of aliphatic hydroxyl groups is 1. The van der Waals surface area contributed by atoms with Gasteiger partial charge in [-0.05, 0) is 25.5 Å². The summed E-state index contributed by atoms with van der Waals surface area (Å²) < 4.78 is 5.35. The van der Waals surface area contributed by atoms with E-state index in [2.05, 4.69) is 10.6 Å². The molecule has 0 aliphatic rings. The Hall–Kier alpha value is -2.08. The summed E-state index contributed by atoms with van der Waals surface area (Å²) in [7, 11) is 0. The van der Waals surface area contributed by atoms with E-state index in [-0.39, 0.29) is 6.61 Å². The molecule has 0 fully saturated rings. The third-order valence-electron chi connectivity index (χ3n) is 2.69. The summed E-state index contributed by atoms with van der Waals surface area (Å²) in [5.74, 6) is -1.06. The minimum absolute atomic E-state index is 0.203. The Kier molecular flexibility index (Phi) is 6.52. The van der Waals surface area contributed by atoms with Crippen molar-refractivity contribution in [2.45, 2.75) is 26.3 Å². The normalized spacial score (nSPS) is 11.6. The van der Waals surface area contributed by atoms with Crippen LogP contribution in [0.25, 0.3) is 0 Å². The topological polar surface area (TPSA) is 87.7 Å². The zero-order valence-electron chi connectivity index (χ0n) is 11.7. The molecule has 1 atom stereocenters. The summed E-state index contributed by atoms with van der Waals surface area (Å²) in [5.41, 5.74) is 0.437. The van der Waals surface area contributed by atoms with E-state index in [1.165, 1.54) is 0 Å². The Balaban J connectivity index is 2.68. The predicted molar refractivity (Wildman–Crippen MR) is 75.5 cm³/mol. The molecule has 0 aliphatic heterocycles. The first kappa shape index (κ1) is 16.0. The summed E-state index contributed by atoms with van der Waals surface area (Å²) in [6, 6.07) is 6.45. The van der Waals surface area contributed by atoms with E-state index < -0.39 is 17.9 Å². The zero-order chi connectivity index (χ0) is 15.0. The number of carbonyl (C=O) groups is 2. The average Bonchev–Trinajstić information content (AvgIpc) is 2.46. The number of benzene rings is 1. The van der Waals surface area contributed by atoms with Crippen molar-refractivity contribution in [2.24, 2.45) is 0 Å². The van der Waals surface area contributed by atoms with Crippen LogP contribution in [0.15, 0.2) is 24.3 Å². The highest BCUT2D eigenvalue weighted by atomic mass is 16.5. The highest BCUT2D eigenvalue weighted by Gasteiger charge is 2.18. The van der Waals surface area contributed by atoms with E-state index in [0.717, 1.165) is 0 Å². The highest BCUT2D eigenvalue weighted by Crippen LogP contribution is 2.23. The van der Waals surface area contributed by atoms with Gasteiger partial charge in [-0.15, -0.1) is 0 Å². The van der Waals surface area contributed by atoms with Crippen molar-refractivity contribution in [1.82, 2.24) is 5.32 Å². The first-order valence-electron chi connectivity index (χ1n) is 6.56. The molecule has 1 aromatic rings. The average molecular weight is 280 g/mol. The van der Waals surface area contributed by atoms with Gasteiger partial charge in [0.1, 0.15) is 5.75 Å². The Morgan fingerprint density at radius 3 is 2.55 bits per heavy atom. The van der Waals surface area contributed by atoms with Crippen LogP contribution in [0.4, 0.5) is 5.69 Å². The summed E-state index contributed by atoms with van der Waals surface area (Å²) in [6.45, 7) is 3.90. The number of para-hydroxylation sites is 2. The number of amides is 2. The lowest BCUT2D eigenvalue weighted by molar-refractivity contribution is -0.136. The molecule has 6 nitrogen and oxygen atoms in total. The quantitative estimate of drug-likeness (QED) is 0.676. The van der Waals surface area contributed by atoms with Gasteiger partial charge in [-0.1, -0.05) is 19.1 Å². The van der Waals surface area contributed by atoms with Gasteiger partial charge in [-0.3, -0.25) is 9.59 Å². The maximum absolute atomic E-state index is 11.8. The van der Waals surface area contributed by atoms with Gasteiger partial charge >= 0.3 is 11.8 Å². The molecule has 0 unspecified atom stereocenters. The largest absolute Gasteiger partial charge is 0.492 e. The highest BCUT2D eigenvalue weighted by molar-refractivity contribution is 6.39. The molecule has 0 aromatic heterocycles. The van der Waals surface area contributed by atoms with Gasteiger partial charge in [0.2, 0.25) is 0 Å². The first-order chi connectivity index (χ1) is 9.62. The molecule has 0 saturated carbocycles. The molecule has 20 heavy (non-hydrogen) atoms. The van der Waals surface area contributed by atoms with Crippen molar-refractivity contribution in [3.63, 3.8) is 0 Å². The van der Waals surface area contributed by atoms with E-state index in [0.29, 0.717) is 24.5 Å². The molecule has 3 N–H and O–H groups in total. The molecule has 0 bridgehead atoms. The van der Waals surface area contributed by atoms with Crippen molar-refractivity contribution in [1.29, 1.82) is 0 Å². The van der Waals surface area contributed by atoms with Gasteiger partial charge in [-0.25, -0.2) is 0 Å².